The predicted molar refractivity (Wildman–Crippen MR) is 87.1 cm³/mol. The molecule has 0 spiro atoms. The van der Waals surface area contributed by atoms with Crippen molar-refractivity contribution in [3.8, 4) is 0 Å². The molecule has 0 aliphatic carbocycles. The van der Waals surface area contributed by atoms with E-state index in [9.17, 15) is 4.79 Å². The van der Waals surface area contributed by atoms with Gasteiger partial charge in [-0.1, -0.05) is 44.2 Å². The first-order valence-corrected chi connectivity index (χ1v) is 7.97. The Morgan fingerprint density at radius 1 is 1.18 bits per heavy atom. The molecule has 0 bridgehead atoms. The van der Waals surface area contributed by atoms with Crippen LogP contribution in [0.15, 0.2) is 36.5 Å². The number of esters is 1. The lowest BCUT2D eigenvalue weighted by Crippen LogP contribution is -2.09. The second-order valence-electron chi connectivity index (χ2n) is 5.35. The van der Waals surface area contributed by atoms with Crippen LogP contribution in [-0.4, -0.2) is 22.4 Å². The van der Waals surface area contributed by atoms with E-state index in [-0.39, 0.29) is 11.9 Å². The molecule has 0 aliphatic heterocycles. The van der Waals surface area contributed by atoms with Gasteiger partial charge in [0.2, 0.25) is 0 Å². The molecule has 1 aromatic heterocycles. The molecule has 0 aliphatic rings. The number of nitrogens with zero attached hydrogens (tertiary/aromatic N) is 2. The van der Waals surface area contributed by atoms with Gasteiger partial charge in [0.05, 0.1) is 18.8 Å². The molecule has 0 saturated heterocycles. The Labute approximate surface area is 132 Å². The molecule has 2 aromatic rings. The highest BCUT2D eigenvalue weighted by atomic mass is 16.5. The summed E-state index contributed by atoms with van der Waals surface area (Å²) in [6.07, 6.45) is 3.75. The number of rotatable bonds is 7. The zero-order valence-corrected chi connectivity index (χ0v) is 13.6. The first kappa shape index (κ1) is 16.3. The third-order valence-corrected chi connectivity index (χ3v) is 3.85. The maximum atomic E-state index is 12.2. The zero-order valence-electron chi connectivity index (χ0n) is 13.6. The van der Waals surface area contributed by atoms with Crippen LogP contribution < -0.4 is 0 Å². The van der Waals surface area contributed by atoms with E-state index in [1.165, 1.54) is 0 Å². The minimum absolute atomic E-state index is 0.274. The van der Waals surface area contributed by atoms with E-state index in [0.29, 0.717) is 18.7 Å². The summed E-state index contributed by atoms with van der Waals surface area (Å²) in [5, 5.41) is 4.67. The topological polar surface area (TPSA) is 44.1 Å². The van der Waals surface area contributed by atoms with Crippen molar-refractivity contribution in [2.24, 2.45) is 0 Å². The molecule has 0 fully saturated rings. The number of benzene rings is 1. The van der Waals surface area contributed by atoms with Crippen LogP contribution in [0.2, 0.25) is 0 Å². The average molecular weight is 300 g/mol. The van der Waals surface area contributed by atoms with E-state index in [0.717, 1.165) is 24.1 Å². The van der Waals surface area contributed by atoms with Gasteiger partial charge in [-0.3, -0.25) is 4.68 Å². The van der Waals surface area contributed by atoms with Gasteiger partial charge in [-0.05, 0) is 25.3 Å². The van der Waals surface area contributed by atoms with E-state index in [1.807, 2.05) is 36.0 Å². The number of carbonyl (C=O) groups is 1. The van der Waals surface area contributed by atoms with Gasteiger partial charge in [0.1, 0.15) is 5.56 Å². The van der Waals surface area contributed by atoms with Gasteiger partial charge < -0.3 is 4.74 Å². The quantitative estimate of drug-likeness (QED) is 0.726. The van der Waals surface area contributed by atoms with Crippen molar-refractivity contribution in [3.63, 3.8) is 0 Å². The summed E-state index contributed by atoms with van der Waals surface area (Å²) in [5.74, 6) is 0.0140. The summed E-state index contributed by atoms with van der Waals surface area (Å²) in [7, 11) is 0. The lowest BCUT2D eigenvalue weighted by molar-refractivity contribution is 0.0524. The minimum Gasteiger partial charge on any atom is -0.462 e. The van der Waals surface area contributed by atoms with Crippen molar-refractivity contribution in [1.82, 2.24) is 9.78 Å². The molecule has 1 aromatic carbocycles. The van der Waals surface area contributed by atoms with Crippen LogP contribution in [0, 0.1) is 0 Å². The Balaban J connectivity index is 2.32. The highest BCUT2D eigenvalue weighted by Gasteiger charge is 2.22. The van der Waals surface area contributed by atoms with Crippen LogP contribution >= 0.6 is 0 Å². The summed E-state index contributed by atoms with van der Waals surface area (Å²) in [6, 6.07) is 10.1. The maximum Gasteiger partial charge on any atom is 0.341 e. The molecule has 22 heavy (non-hydrogen) atoms. The second kappa shape index (κ2) is 7.78. The Hall–Kier alpha value is -2.10. The summed E-state index contributed by atoms with van der Waals surface area (Å²) in [4.78, 5) is 12.2. The zero-order chi connectivity index (χ0) is 15.9. The normalized spacial score (nSPS) is 10.9. The first-order chi connectivity index (χ1) is 10.7. The van der Waals surface area contributed by atoms with Crippen LogP contribution in [0.4, 0.5) is 0 Å². The standard InChI is InChI=1S/C18H24N2O2/c1-4-15(5-2)17-16(18(21)22-6-3)13-20(19-17)12-14-10-8-7-9-11-14/h7-11,13,15H,4-6,12H2,1-3H3. The van der Waals surface area contributed by atoms with Crippen LogP contribution in [0.5, 0.6) is 0 Å². The third-order valence-electron chi connectivity index (χ3n) is 3.85. The van der Waals surface area contributed by atoms with Crippen LogP contribution in [0.25, 0.3) is 0 Å². The minimum atomic E-state index is -0.274. The van der Waals surface area contributed by atoms with Gasteiger partial charge in [0.25, 0.3) is 0 Å². The van der Waals surface area contributed by atoms with Gasteiger partial charge in [-0.15, -0.1) is 0 Å². The molecule has 0 unspecified atom stereocenters. The maximum absolute atomic E-state index is 12.2. The Kier molecular flexibility index (Phi) is 5.75. The largest absolute Gasteiger partial charge is 0.462 e. The summed E-state index contributed by atoms with van der Waals surface area (Å²) in [6.45, 7) is 7.11. The molecular formula is C18H24N2O2. The van der Waals surface area contributed by atoms with Crippen molar-refractivity contribution in [2.75, 3.05) is 6.61 Å². The lowest BCUT2D eigenvalue weighted by Gasteiger charge is -2.11. The second-order valence-corrected chi connectivity index (χ2v) is 5.35. The van der Waals surface area contributed by atoms with E-state index < -0.39 is 0 Å². The molecule has 118 valence electrons. The van der Waals surface area contributed by atoms with Gasteiger partial charge in [-0.2, -0.15) is 5.10 Å². The number of hydrogen-bond acceptors (Lipinski definition) is 3. The van der Waals surface area contributed by atoms with Gasteiger partial charge >= 0.3 is 5.97 Å². The Morgan fingerprint density at radius 3 is 2.45 bits per heavy atom. The number of ether oxygens (including phenoxy) is 1. The van der Waals surface area contributed by atoms with E-state index in [1.54, 1.807) is 0 Å². The third kappa shape index (κ3) is 3.75. The van der Waals surface area contributed by atoms with Crippen molar-refractivity contribution in [3.05, 3.63) is 53.3 Å². The first-order valence-electron chi connectivity index (χ1n) is 7.97. The molecule has 0 radical (unpaired) electrons. The van der Waals surface area contributed by atoms with Gasteiger partial charge in [-0.25, -0.2) is 4.79 Å². The smallest absolute Gasteiger partial charge is 0.341 e. The molecule has 4 heteroatoms. The number of aromatic nitrogens is 2. The SMILES string of the molecule is CCOC(=O)c1cn(Cc2ccccc2)nc1C(CC)CC. The van der Waals surface area contributed by atoms with Crippen molar-refractivity contribution in [2.45, 2.75) is 46.1 Å². The van der Waals surface area contributed by atoms with Crippen LogP contribution in [0.3, 0.4) is 0 Å². The fourth-order valence-electron chi connectivity index (χ4n) is 2.63. The predicted octanol–water partition coefficient (Wildman–Crippen LogP) is 4.01. The number of carbonyl (C=O) groups excluding carboxylic acids is 1. The van der Waals surface area contributed by atoms with E-state index in [2.05, 4.69) is 31.1 Å². The van der Waals surface area contributed by atoms with Gasteiger partial charge in [0, 0.05) is 12.1 Å². The summed E-state index contributed by atoms with van der Waals surface area (Å²) >= 11 is 0. The molecule has 1 heterocycles. The molecule has 0 saturated carbocycles. The molecule has 4 nitrogen and oxygen atoms in total. The highest BCUT2D eigenvalue weighted by Crippen LogP contribution is 2.25. The summed E-state index contributed by atoms with van der Waals surface area (Å²) in [5.41, 5.74) is 2.63. The molecule has 0 N–H and O–H groups in total. The van der Waals surface area contributed by atoms with Crippen LogP contribution in [0.1, 0.15) is 61.1 Å². The molecule has 0 amide bonds. The van der Waals surface area contributed by atoms with Crippen LogP contribution in [-0.2, 0) is 11.3 Å². The fourth-order valence-corrected chi connectivity index (χ4v) is 2.63. The Morgan fingerprint density at radius 2 is 1.86 bits per heavy atom. The van der Waals surface area contributed by atoms with Crippen molar-refractivity contribution >= 4 is 5.97 Å². The van der Waals surface area contributed by atoms with Crippen molar-refractivity contribution < 1.29 is 9.53 Å². The lowest BCUT2D eigenvalue weighted by atomic mass is 9.96. The molecule has 2 rings (SSSR count). The Bertz CT molecular complexity index is 601. The molecule has 0 atom stereocenters. The number of hydrogen-bond donors (Lipinski definition) is 0. The fraction of sp³-hybridized carbons (Fsp3) is 0.444. The van der Waals surface area contributed by atoms with Crippen molar-refractivity contribution in [1.29, 1.82) is 0 Å². The van der Waals surface area contributed by atoms with E-state index in [4.69, 9.17) is 4.74 Å². The summed E-state index contributed by atoms with van der Waals surface area (Å²) < 4.78 is 7.02. The van der Waals surface area contributed by atoms with E-state index >= 15 is 0 Å². The van der Waals surface area contributed by atoms with Gasteiger partial charge in [0.15, 0.2) is 0 Å². The average Bonchev–Trinajstić information content (AvgIpc) is 2.94. The molecular weight excluding hydrogens is 276 g/mol. The highest BCUT2D eigenvalue weighted by molar-refractivity contribution is 5.90. The monoisotopic (exact) mass is 300 g/mol.